The first-order valence-corrected chi connectivity index (χ1v) is 10.5. The van der Waals surface area contributed by atoms with Gasteiger partial charge in [-0.05, 0) is 29.9 Å². The van der Waals surface area contributed by atoms with Crippen LogP contribution < -0.4 is 20.7 Å². The molecule has 1 aromatic rings. The zero-order valence-electron chi connectivity index (χ0n) is 18.5. The summed E-state index contributed by atoms with van der Waals surface area (Å²) in [5.74, 6) is 1.80. The number of amides is 1. The van der Waals surface area contributed by atoms with E-state index in [1.165, 1.54) is 5.56 Å². The fourth-order valence-electron chi connectivity index (χ4n) is 3.45. The smallest absolute Gasteiger partial charge is 0.233 e. The van der Waals surface area contributed by atoms with Crippen molar-refractivity contribution in [1.82, 2.24) is 20.9 Å². The number of benzene rings is 1. The van der Waals surface area contributed by atoms with E-state index in [0.29, 0.717) is 25.7 Å². The standard InChI is InChI=1S/C22H37N5O2/c1-22(2,3)18-8-6-7-9-19(18)29-15-12-25-21(24-5)26-17-10-13-27(14-11-17)16-20(28)23-4/h6-9,17H,10-16H2,1-5H3,(H,23,28)(H2,24,25,26). The van der Waals surface area contributed by atoms with E-state index < -0.39 is 0 Å². The van der Waals surface area contributed by atoms with Crippen LogP contribution in [0.3, 0.4) is 0 Å². The van der Waals surface area contributed by atoms with Crippen molar-refractivity contribution in [2.24, 2.45) is 4.99 Å². The number of carbonyl (C=O) groups is 1. The first-order chi connectivity index (χ1) is 13.8. The number of aliphatic imine (C=N–C) groups is 1. The van der Waals surface area contributed by atoms with Crippen LogP contribution in [0.2, 0.25) is 0 Å². The fourth-order valence-corrected chi connectivity index (χ4v) is 3.45. The van der Waals surface area contributed by atoms with E-state index in [1.807, 2.05) is 12.1 Å². The summed E-state index contributed by atoms with van der Waals surface area (Å²) in [6, 6.07) is 8.58. The molecule has 0 radical (unpaired) electrons. The van der Waals surface area contributed by atoms with Crippen LogP contribution in [0.25, 0.3) is 0 Å². The van der Waals surface area contributed by atoms with Crippen LogP contribution in [0.15, 0.2) is 29.3 Å². The minimum atomic E-state index is 0.0499. The molecule has 1 heterocycles. The third-order valence-electron chi connectivity index (χ3n) is 5.15. The Bertz CT molecular complexity index is 676. The van der Waals surface area contributed by atoms with E-state index in [4.69, 9.17) is 4.74 Å². The molecule has 162 valence electrons. The minimum Gasteiger partial charge on any atom is -0.491 e. The van der Waals surface area contributed by atoms with Crippen molar-refractivity contribution in [2.75, 3.05) is 46.9 Å². The quantitative estimate of drug-likeness (QED) is 0.367. The van der Waals surface area contributed by atoms with Crippen molar-refractivity contribution < 1.29 is 9.53 Å². The number of rotatable bonds is 7. The molecule has 1 fully saturated rings. The Morgan fingerprint density at radius 2 is 1.93 bits per heavy atom. The average molecular weight is 404 g/mol. The van der Waals surface area contributed by atoms with Crippen LogP contribution in [0.1, 0.15) is 39.2 Å². The Kier molecular flexibility index (Phi) is 8.76. The highest BCUT2D eigenvalue weighted by molar-refractivity contribution is 5.80. The summed E-state index contributed by atoms with van der Waals surface area (Å²) in [4.78, 5) is 18.0. The van der Waals surface area contributed by atoms with Gasteiger partial charge in [0.2, 0.25) is 5.91 Å². The van der Waals surface area contributed by atoms with E-state index in [2.05, 4.69) is 58.7 Å². The van der Waals surface area contributed by atoms with Crippen molar-refractivity contribution in [3.8, 4) is 5.75 Å². The molecule has 1 aliphatic rings. The number of hydrogen-bond donors (Lipinski definition) is 3. The SMILES string of the molecule is CN=C(NCCOc1ccccc1C(C)(C)C)NC1CCN(CC(=O)NC)CC1. The number of para-hydroxylation sites is 1. The molecule has 0 aliphatic carbocycles. The molecule has 0 bridgehead atoms. The van der Waals surface area contributed by atoms with Gasteiger partial charge >= 0.3 is 0 Å². The van der Waals surface area contributed by atoms with Crippen molar-refractivity contribution in [1.29, 1.82) is 0 Å². The second-order valence-corrected chi connectivity index (χ2v) is 8.46. The first-order valence-electron chi connectivity index (χ1n) is 10.5. The Labute approximate surface area is 175 Å². The first kappa shape index (κ1) is 23.0. The van der Waals surface area contributed by atoms with Gasteiger partial charge in [0.15, 0.2) is 5.96 Å². The van der Waals surface area contributed by atoms with Crippen LogP contribution in [0, 0.1) is 0 Å². The number of nitrogens with one attached hydrogen (secondary N) is 3. The summed E-state index contributed by atoms with van der Waals surface area (Å²) in [7, 11) is 3.46. The van der Waals surface area contributed by atoms with Gasteiger partial charge < -0.3 is 20.7 Å². The van der Waals surface area contributed by atoms with Crippen LogP contribution in [-0.2, 0) is 10.2 Å². The second-order valence-electron chi connectivity index (χ2n) is 8.46. The predicted octanol–water partition coefficient (Wildman–Crippen LogP) is 1.74. The van der Waals surface area contributed by atoms with E-state index in [-0.39, 0.29) is 11.3 Å². The maximum atomic E-state index is 11.5. The van der Waals surface area contributed by atoms with Gasteiger partial charge in [-0.15, -0.1) is 0 Å². The molecule has 1 aromatic carbocycles. The zero-order valence-corrected chi connectivity index (χ0v) is 18.5. The normalized spacial score (nSPS) is 16.4. The van der Waals surface area contributed by atoms with Crippen LogP contribution in [-0.4, -0.2) is 69.7 Å². The van der Waals surface area contributed by atoms with E-state index >= 15 is 0 Å². The maximum Gasteiger partial charge on any atom is 0.233 e. The lowest BCUT2D eigenvalue weighted by molar-refractivity contribution is -0.122. The molecule has 0 unspecified atom stereocenters. The summed E-state index contributed by atoms with van der Waals surface area (Å²) in [5.41, 5.74) is 1.26. The van der Waals surface area contributed by atoms with Gasteiger partial charge in [0.25, 0.3) is 0 Å². The van der Waals surface area contributed by atoms with Crippen molar-refractivity contribution in [3.63, 3.8) is 0 Å². The molecule has 0 aromatic heterocycles. The average Bonchev–Trinajstić information content (AvgIpc) is 2.71. The summed E-state index contributed by atoms with van der Waals surface area (Å²) in [6.45, 7) is 10.1. The van der Waals surface area contributed by atoms with Gasteiger partial charge in [-0.25, -0.2) is 0 Å². The minimum absolute atomic E-state index is 0.0499. The van der Waals surface area contributed by atoms with Crippen molar-refractivity contribution in [2.45, 2.75) is 45.1 Å². The molecule has 7 heteroatoms. The lowest BCUT2D eigenvalue weighted by Gasteiger charge is -2.32. The number of guanidine groups is 1. The summed E-state index contributed by atoms with van der Waals surface area (Å²) in [6.07, 6.45) is 1.99. The Hall–Kier alpha value is -2.28. The Morgan fingerprint density at radius 1 is 1.24 bits per heavy atom. The Balaban J connectivity index is 1.72. The summed E-state index contributed by atoms with van der Waals surface area (Å²) in [5, 5.41) is 9.50. The molecule has 1 saturated heterocycles. The lowest BCUT2D eigenvalue weighted by atomic mass is 9.86. The van der Waals surface area contributed by atoms with Gasteiger partial charge in [-0.2, -0.15) is 0 Å². The van der Waals surface area contributed by atoms with Crippen LogP contribution in [0.5, 0.6) is 5.75 Å². The molecule has 29 heavy (non-hydrogen) atoms. The molecule has 2 rings (SSSR count). The van der Waals surface area contributed by atoms with Gasteiger partial charge in [-0.1, -0.05) is 39.0 Å². The van der Waals surface area contributed by atoms with Gasteiger partial charge in [0.05, 0.1) is 13.1 Å². The molecule has 1 aliphatic heterocycles. The van der Waals surface area contributed by atoms with Crippen molar-refractivity contribution >= 4 is 11.9 Å². The second kappa shape index (κ2) is 11.0. The number of nitrogens with zero attached hydrogens (tertiary/aromatic N) is 2. The predicted molar refractivity (Wildman–Crippen MR) is 119 cm³/mol. The number of ether oxygens (including phenoxy) is 1. The van der Waals surface area contributed by atoms with E-state index in [1.54, 1.807) is 14.1 Å². The highest BCUT2D eigenvalue weighted by atomic mass is 16.5. The highest BCUT2D eigenvalue weighted by Gasteiger charge is 2.21. The van der Waals surface area contributed by atoms with Gasteiger partial charge in [-0.3, -0.25) is 14.7 Å². The molecule has 0 atom stereocenters. The third kappa shape index (κ3) is 7.57. The maximum absolute atomic E-state index is 11.5. The number of piperidine rings is 1. The molecule has 3 N–H and O–H groups in total. The number of likely N-dealkylation sites (N-methyl/N-ethyl adjacent to an activating group) is 1. The summed E-state index contributed by atoms with van der Waals surface area (Å²) >= 11 is 0. The molecular weight excluding hydrogens is 366 g/mol. The highest BCUT2D eigenvalue weighted by Crippen LogP contribution is 2.30. The molecular formula is C22H37N5O2. The number of likely N-dealkylation sites (tertiary alicyclic amines) is 1. The lowest BCUT2D eigenvalue weighted by Crippen LogP contribution is -2.50. The van der Waals surface area contributed by atoms with Gasteiger partial charge in [0, 0.05) is 33.2 Å². The monoisotopic (exact) mass is 403 g/mol. The Morgan fingerprint density at radius 3 is 2.55 bits per heavy atom. The van der Waals surface area contributed by atoms with E-state index in [9.17, 15) is 4.79 Å². The molecule has 0 spiro atoms. The molecule has 1 amide bonds. The zero-order chi connectivity index (χ0) is 21.3. The van der Waals surface area contributed by atoms with Gasteiger partial charge in [0.1, 0.15) is 12.4 Å². The number of hydrogen-bond acceptors (Lipinski definition) is 4. The molecule has 0 saturated carbocycles. The fraction of sp³-hybridized carbons (Fsp3) is 0.636. The molecule has 7 nitrogen and oxygen atoms in total. The van der Waals surface area contributed by atoms with Crippen LogP contribution >= 0.6 is 0 Å². The van der Waals surface area contributed by atoms with Crippen molar-refractivity contribution in [3.05, 3.63) is 29.8 Å². The largest absolute Gasteiger partial charge is 0.491 e. The topological polar surface area (TPSA) is 78.0 Å². The summed E-state index contributed by atoms with van der Waals surface area (Å²) < 4.78 is 6.02. The number of carbonyl (C=O) groups excluding carboxylic acids is 1. The van der Waals surface area contributed by atoms with E-state index in [0.717, 1.165) is 37.6 Å². The van der Waals surface area contributed by atoms with Crippen LogP contribution in [0.4, 0.5) is 0 Å². The third-order valence-corrected chi connectivity index (χ3v) is 5.15.